The normalized spacial score (nSPS) is 5.50. The first-order chi connectivity index (χ1) is 2.27. The van der Waals surface area contributed by atoms with Gasteiger partial charge >= 0.3 is 29.6 Å². The first-order valence-corrected chi connectivity index (χ1v) is 1.02. The second-order valence-electron chi connectivity index (χ2n) is 0.454. The van der Waals surface area contributed by atoms with Gasteiger partial charge in [0.2, 0.25) is 0 Å². The smallest absolute Gasteiger partial charge is 0.553 e. The first kappa shape index (κ1) is 9.55. The standard InChI is InChI=1S/C2H4O3.Na/c1-5-2(3)4;/h1H3,(H,3,4);/q;+1/p-1. The zero-order valence-electron chi connectivity index (χ0n) is 3.72. The maximum absolute atomic E-state index is 9.03. The average Bonchev–Trinajstić information content (AvgIpc) is 1.38. The Labute approximate surface area is 57.6 Å². The van der Waals surface area contributed by atoms with E-state index in [2.05, 4.69) is 4.74 Å². The van der Waals surface area contributed by atoms with E-state index in [-0.39, 0.29) is 29.6 Å². The van der Waals surface area contributed by atoms with E-state index < -0.39 is 6.16 Å². The van der Waals surface area contributed by atoms with Crippen LogP contribution in [0.1, 0.15) is 0 Å². The monoisotopic (exact) mass is 98.0 g/mol. The maximum Gasteiger partial charge on any atom is 1.00 e. The Balaban J connectivity index is 0. The molecule has 0 heterocycles. The van der Waals surface area contributed by atoms with Gasteiger partial charge in [-0.1, -0.05) is 0 Å². The molecule has 0 bridgehead atoms. The van der Waals surface area contributed by atoms with Gasteiger partial charge in [-0.05, 0) is 0 Å². The molecule has 0 rings (SSSR count). The Morgan fingerprint density at radius 2 is 2.00 bits per heavy atom. The molecule has 0 aromatic rings. The Morgan fingerprint density at radius 1 is 1.83 bits per heavy atom. The van der Waals surface area contributed by atoms with Crippen molar-refractivity contribution in [1.29, 1.82) is 0 Å². The number of ether oxygens (including phenoxy) is 1. The van der Waals surface area contributed by atoms with Crippen LogP contribution in [0.3, 0.4) is 0 Å². The minimum atomic E-state index is -1.50. The molecule has 6 heavy (non-hydrogen) atoms. The number of rotatable bonds is 0. The average molecular weight is 98.0 g/mol. The van der Waals surface area contributed by atoms with Crippen molar-refractivity contribution in [2.45, 2.75) is 0 Å². The van der Waals surface area contributed by atoms with Crippen molar-refractivity contribution in [3.8, 4) is 0 Å². The summed E-state index contributed by atoms with van der Waals surface area (Å²) < 4.78 is 3.56. The number of hydrogen-bond acceptors (Lipinski definition) is 3. The molecule has 0 amide bonds. The van der Waals surface area contributed by atoms with Crippen molar-refractivity contribution < 1.29 is 44.2 Å². The molecule has 0 aliphatic carbocycles. The minimum Gasteiger partial charge on any atom is -0.553 e. The van der Waals surface area contributed by atoms with E-state index in [0.717, 1.165) is 7.11 Å². The Hall–Kier alpha value is 0.270. The van der Waals surface area contributed by atoms with Crippen molar-refractivity contribution in [1.82, 2.24) is 0 Å². The van der Waals surface area contributed by atoms with Crippen molar-refractivity contribution >= 4 is 6.16 Å². The largest absolute Gasteiger partial charge is 1.00 e. The van der Waals surface area contributed by atoms with Crippen LogP contribution in [0.5, 0.6) is 0 Å². The third-order valence-electron chi connectivity index (χ3n) is 0.167. The molecule has 0 atom stereocenters. The number of hydrogen-bond donors (Lipinski definition) is 0. The summed E-state index contributed by atoms with van der Waals surface area (Å²) in [5, 5.41) is 9.03. The summed E-state index contributed by atoms with van der Waals surface area (Å²) in [5.41, 5.74) is 0. The molecule has 0 radical (unpaired) electrons. The number of carbonyl (C=O) groups excluding carboxylic acids is 1. The number of carbonyl (C=O) groups is 1. The van der Waals surface area contributed by atoms with E-state index in [1.54, 1.807) is 0 Å². The summed E-state index contributed by atoms with van der Waals surface area (Å²) in [5.74, 6) is 0. The molecule has 0 N–H and O–H groups in total. The zero-order chi connectivity index (χ0) is 4.28. The van der Waals surface area contributed by atoms with Gasteiger partial charge in [0, 0.05) is 7.11 Å². The van der Waals surface area contributed by atoms with E-state index in [0.29, 0.717) is 0 Å². The topological polar surface area (TPSA) is 49.4 Å². The molecule has 0 saturated heterocycles. The van der Waals surface area contributed by atoms with Gasteiger partial charge in [-0.15, -0.1) is 0 Å². The van der Waals surface area contributed by atoms with E-state index in [9.17, 15) is 0 Å². The summed E-state index contributed by atoms with van der Waals surface area (Å²) in [4.78, 5) is 9.03. The molecular formula is C2H3NaO3. The molecule has 0 aromatic carbocycles. The Morgan fingerprint density at radius 3 is 2.00 bits per heavy atom. The molecule has 0 saturated carbocycles. The van der Waals surface area contributed by atoms with Crippen molar-refractivity contribution in [2.24, 2.45) is 0 Å². The zero-order valence-corrected chi connectivity index (χ0v) is 5.72. The summed E-state index contributed by atoms with van der Waals surface area (Å²) in [6, 6.07) is 0. The van der Waals surface area contributed by atoms with Crippen LogP contribution in [0.15, 0.2) is 0 Å². The fraction of sp³-hybridized carbons (Fsp3) is 0.500. The van der Waals surface area contributed by atoms with Gasteiger partial charge in [0.25, 0.3) is 6.16 Å². The van der Waals surface area contributed by atoms with Gasteiger partial charge in [0.1, 0.15) is 0 Å². The first-order valence-electron chi connectivity index (χ1n) is 1.02. The quantitative estimate of drug-likeness (QED) is 0.229. The second kappa shape index (κ2) is 5.27. The third-order valence-corrected chi connectivity index (χ3v) is 0.167. The van der Waals surface area contributed by atoms with E-state index in [1.165, 1.54) is 0 Å². The summed E-state index contributed by atoms with van der Waals surface area (Å²) in [6.45, 7) is 0. The molecular weight excluding hydrogens is 95.0 g/mol. The van der Waals surface area contributed by atoms with Crippen LogP contribution >= 0.6 is 0 Å². The van der Waals surface area contributed by atoms with Crippen molar-refractivity contribution in [3.05, 3.63) is 0 Å². The van der Waals surface area contributed by atoms with Gasteiger partial charge in [-0.3, -0.25) is 0 Å². The molecule has 30 valence electrons. The fourth-order valence-corrected chi connectivity index (χ4v) is 0. The van der Waals surface area contributed by atoms with E-state index >= 15 is 0 Å². The van der Waals surface area contributed by atoms with Gasteiger partial charge in [0.05, 0.1) is 0 Å². The third kappa shape index (κ3) is 8.86. The molecule has 0 aliphatic heterocycles. The molecule has 0 aliphatic rings. The van der Waals surface area contributed by atoms with Crippen LogP contribution in [0.2, 0.25) is 0 Å². The van der Waals surface area contributed by atoms with Gasteiger partial charge in [-0.25, -0.2) is 0 Å². The van der Waals surface area contributed by atoms with Crippen molar-refractivity contribution in [2.75, 3.05) is 7.11 Å². The van der Waals surface area contributed by atoms with Crippen molar-refractivity contribution in [3.63, 3.8) is 0 Å². The minimum absolute atomic E-state index is 0. The van der Waals surface area contributed by atoms with Gasteiger partial charge in [-0.2, -0.15) is 0 Å². The predicted molar refractivity (Wildman–Crippen MR) is 12.4 cm³/mol. The van der Waals surface area contributed by atoms with Crippen LogP contribution in [-0.2, 0) is 4.74 Å². The van der Waals surface area contributed by atoms with Crippen LogP contribution in [0.25, 0.3) is 0 Å². The Kier molecular flexibility index (Phi) is 8.39. The SMILES string of the molecule is COC(=O)[O-].[Na+]. The van der Waals surface area contributed by atoms with E-state index in [1.807, 2.05) is 0 Å². The van der Waals surface area contributed by atoms with Gasteiger partial charge in [0.15, 0.2) is 0 Å². The molecule has 0 aromatic heterocycles. The molecule has 3 nitrogen and oxygen atoms in total. The Bertz CT molecular complexity index is 44.1. The number of methoxy groups -OCH3 is 1. The fourth-order valence-electron chi connectivity index (χ4n) is 0. The summed E-state index contributed by atoms with van der Waals surface area (Å²) in [7, 11) is 1.04. The maximum atomic E-state index is 9.03. The predicted octanol–water partition coefficient (Wildman–Crippen LogP) is -4.02. The molecule has 0 unspecified atom stereocenters. The molecule has 0 spiro atoms. The molecule has 0 fully saturated rings. The van der Waals surface area contributed by atoms with Crippen LogP contribution in [-0.4, -0.2) is 13.3 Å². The summed E-state index contributed by atoms with van der Waals surface area (Å²) >= 11 is 0. The van der Waals surface area contributed by atoms with Crippen LogP contribution in [0.4, 0.5) is 4.79 Å². The van der Waals surface area contributed by atoms with Crippen LogP contribution < -0.4 is 34.7 Å². The second-order valence-corrected chi connectivity index (χ2v) is 0.454. The van der Waals surface area contributed by atoms with Crippen LogP contribution in [0, 0.1) is 0 Å². The van der Waals surface area contributed by atoms with E-state index in [4.69, 9.17) is 9.90 Å². The van der Waals surface area contributed by atoms with Gasteiger partial charge < -0.3 is 14.6 Å². The summed E-state index contributed by atoms with van der Waals surface area (Å²) in [6.07, 6.45) is -1.50. The number of carboxylic acid groups (broad SMARTS) is 1. The molecule has 4 heteroatoms.